The van der Waals surface area contributed by atoms with Crippen molar-refractivity contribution in [2.75, 3.05) is 13.2 Å². The van der Waals surface area contributed by atoms with Gasteiger partial charge < -0.3 is 9.47 Å². The Morgan fingerprint density at radius 3 is 1.26 bits per heavy atom. The summed E-state index contributed by atoms with van der Waals surface area (Å²) < 4.78 is 131. The highest BCUT2D eigenvalue weighted by Gasteiger charge is 2.56. The molecule has 0 aromatic carbocycles. The normalized spacial score (nSPS) is 48.3. The SMILES string of the molecule is CCCC1CCC(C2COC3CCC4CC(C5CCC(OC(F)(F)F)C(F)C5)CCC4C3C3C(CCC4CC(C5CCC(OC(F)(F)F)C(F)C5)CCC43)OC2)CC1. The van der Waals surface area contributed by atoms with Crippen LogP contribution in [0.4, 0.5) is 35.1 Å². The molecule has 4 nitrogen and oxygen atoms in total. The second kappa shape index (κ2) is 18.6. The Hall–Kier alpha value is -0.720. The van der Waals surface area contributed by atoms with E-state index in [4.69, 9.17) is 9.47 Å². The molecule has 16 unspecified atom stereocenters. The Labute approximate surface area is 341 Å². The molecule has 8 fully saturated rings. The van der Waals surface area contributed by atoms with Crippen LogP contribution < -0.4 is 0 Å². The maximum absolute atomic E-state index is 15.1. The fourth-order valence-corrected chi connectivity index (χ4v) is 15.2. The van der Waals surface area contributed by atoms with Crippen molar-refractivity contribution >= 4 is 0 Å². The van der Waals surface area contributed by atoms with Gasteiger partial charge in [-0.1, -0.05) is 32.6 Å². The monoisotopic (exact) mass is 839 g/mol. The van der Waals surface area contributed by atoms with Crippen molar-refractivity contribution in [3.63, 3.8) is 0 Å². The van der Waals surface area contributed by atoms with Crippen LogP contribution in [-0.4, -0.2) is 62.7 Å². The van der Waals surface area contributed by atoms with Crippen molar-refractivity contribution in [2.24, 2.45) is 76.9 Å². The first kappa shape index (κ1) is 43.9. The van der Waals surface area contributed by atoms with Crippen LogP contribution in [0.2, 0.25) is 0 Å². The topological polar surface area (TPSA) is 36.9 Å². The average Bonchev–Trinajstić information content (AvgIpc) is 3.26. The van der Waals surface area contributed by atoms with Gasteiger partial charge in [-0.15, -0.1) is 26.3 Å². The van der Waals surface area contributed by atoms with Crippen molar-refractivity contribution < 1.29 is 54.1 Å². The van der Waals surface area contributed by atoms with Crippen molar-refractivity contribution in [3.8, 4) is 0 Å². The predicted octanol–water partition coefficient (Wildman–Crippen LogP) is 13.0. The smallest absolute Gasteiger partial charge is 0.378 e. The largest absolute Gasteiger partial charge is 0.522 e. The Kier molecular flexibility index (Phi) is 14.0. The first-order chi connectivity index (χ1) is 27.7. The molecule has 7 aliphatic carbocycles. The summed E-state index contributed by atoms with van der Waals surface area (Å²) in [5, 5.41) is 0. The van der Waals surface area contributed by atoms with Crippen LogP contribution in [0.1, 0.15) is 148 Å². The molecule has 0 aromatic rings. The minimum absolute atomic E-state index is 0.0798. The molecular formula is C46H70F8O4. The highest BCUT2D eigenvalue weighted by Crippen LogP contribution is 2.59. The Morgan fingerprint density at radius 2 is 0.845 bits per heavy atom. The van der Waals surface area contributed by atoms with E-state index >= 15 is 8.78 Å². The molecule has 0 radical (unpaired) electrons. The number of fused-ring (bicyclic) bond motifs is 7. The summed E-state index contributed by atoms with van der Waals surface area (Å²) in [5.41, 5.74) is 0. The van der Waals surface area contributed by atoms with Gasteiger partial charge in [0, 0.05) is 5.92 Å². The molecule has 1 saturated heterocycles. The van der Waals surface area contributed by atoms with Crippen LogP contribution in [-0.2, 0) is 18.9 Å². The zero-order valence-electron chi connectivity index (χ0n) is 34.6. The lowest BCUT2D eigenvalue weighted by molar-refractivity contribution is -0.352. The van der Waals surface area contributed by atoms with Gasteiger partial charge in [0.05, 0.1) is 37.6 Å². The summed E-state index contributed by atoms with van der Waals surface area (Å²) in [6.45, 7) is 3.77. The van der Waals surface area contributed by atoms with E-state index in [1.54, 1.807) is 0 Å². The molecule has 334 valence electrons. The van der Waals surface area contributed by atoms with E-state index in [9.17, 15) is 26.3 Å². The van der Waals surface area contributed by atoms with E-state index in [0.717, 1.165) is 83.3 Å². The van der Waals surface area contributed by atoms with Crippen LogP contribution in [0.15, 0.2) is 0 Å². The lowest BCUT2D eigenvalue weighted by atomic mass is 9.50. The van der Waals surface area contributed by atoms with Crippen LogP contribution in [0.5, 0.6) is 0 Å². The number of halogens is 8. The minimum atomic E-state index is -4.82. The molecule has 0 bridgehead atoms. The summed E-state index contributed by atoms with van der Waals surface area (Å²) in [5.74, 6) is 5.20. The summed E-state index contributed by atoms with van der Waals surface area (Å²) in [6.07, 6.45) is 4.07. The van der Waals surface area contributed by atoms with E-state index in [-0.39, 0.29) is 49.7 Å². The van der Waals surface area contributed by atoms with Gasteiger partial charge in [0.25, 0.3) is 0 Å². The third kappa shape index (κ3) is 10.2. The molecule has 1 heterocycles. The zero-order valence-corrected chi connectivity index (χ0v) is 34.6. The molecule has 7 saturated carbocycles. The van der Waals surface area contributed by atoms with Crippen molar-refractivity contribution in [1.82, 2.24) is 0 Å². The molecule has 1 aliphatic heterocycles. The van der Waals surface area contributed by atoms with Crippen LogP contribution in [0, 0.1) is 76.9 Å². The lowest BCUT2D eigenvalue weighted by Crippen LogP contribution is -2.54. The highest BCUT2D eigenvalue weighted by atomic mass is 19.4. The second-order valence-electron chi connectivity index (χ2n) is 20.8. The molecular weight excluding hydrogens is 768 g/mol. The standard InChI is InChI=1S/C46H70F8O4/c1-2-3-26-4-6-27(7-5-26)34-24-55-41-18-12-32-20-28(30-10-16-39(37(47)22-30)57-45(49,50)51)8-14-35(32)43(41)44-36-15-9-29(21-33(36)13-19-42(44)56-25-34)31-11-17-40(38(48)23-31)58-46(52,53)54/h26-44H,2-25H2,1H3. The molecule has 58 heavy (non-hydrogen) atoms. The molecule has 8 aliphatic rings. The quantitative estimate of drug-likeness (QED) is 0.239. The van der Waals surface area contributed by atoms with Gasteiger partial charge in [0.15, 0.2) is 0 Å². The van der Waals surface area contributed by atoms with E-state index in [1.807, 2.05) is 0 Å². The molecule has 0 spiro atoms. The third-order valence-corrected chi connectivity index (χ3v) is 17.8. The molecule has 0 N–H and O–H groups in total. The number of rotatable bonds is 7. The highest BCUT2D eigenvalue weighted by molar-refractivity contribution is 5.04. The van der Waals surface area contributed by atoms with E-state index in [2.05, 4.69) is 16.4 Å². The number of ether oxygens (including phenoxy) is 4. The van der Waals surface area contributed by atoms with Gasteiger partial charge in [-0.2, -0.15) is 0 Å². The maximum atomic E-state index is 15.1. The average molecular weight is 839 g/mol. The maximum Gasteiger partial charge on any atom is 0.522 e. The Balaban J connectivity index is 0.974. The van der Waals surface area contributed by atoms with Gasteiger partial charge >= 0.3 is 12.7 Å². The van der Waals surface area contributed by atoms with Crippen molar-refractivity contribution in [1.29, 1.82) is 0 Å². The van der Waals surface area contributed by atoms with Crippen LogP contribution in [0.3, 0.4) is 0 Å². The van der Waals surface area contributed by atoms with E-state index in [0.29, 0.717) is 72.0 Å². The van der Waals surface area contributed by atoms with Gasteiger partial charge in [-0.3, -0.25) is 9.47 Å². The second-order valence-corrected chi connectivity index (χ2v) is 20.8. The van der Waals surface area contributed by atoms with Gasteiger partial charge in [0.1, 0.15) is 12.3 Å². The summed E-state index contributed by atoms with van der Waals surface area (Å²) in [4.78, 5) is 0. The van der Waals surface area contributed by atoms with E-state index in [1.165, 1.54) is 38.5 Å². The fraction of sp³-hybridized carbons (Fsp3) is 1.00. The number of alkyl halides is 8. The first-order valence-electron chi connectivity index (χ1n) is 23.7. The predicted molar refractivity (Wildman–Crippen MR) is 204 cm³/mol. The Bertz CT molecular complexity index is 1220. The summed E-state index contributed by atoms with van der Waals surface area (Å²) in [7, 11) is 0. The number of hydrogen-bond acceptors (Lipinski definition) is 4. The molecule has 0 amide bonds. The minimum Gasteiger partial charge on any atom is -0.378 e. The Morgan fingerprint density at radius 1 is 0.448 bits per heavy atom. The summed E-state index contributed by atoms with van der Waals surface area (Å²) in [6, 6.07) is 0. The molecule has 16 atom stereocenters. The summed E-state index contributed by atoms with van der Waals surface area (Å²) >= 11 is 0. The van der Waals surface area contributed by atoms with Gasteiger partial charge in [-0.25, -0.2) is 8.78 Å². The fourth-order valence-electron chi connectivity index (χ4n) is 15.2. The first-order valence-corrected chi connectivity index (χ1v) is 23.7. The zero-order chi connectivity index (χ0) is 40.8. The molecule has 12 heteroatoms. The van der Waals surface area contributed by atoms with Crippen LogP contribution >= 0.6 is 0 Å². The molecule has 8 rings (SSSR count). The van der Waals surface area contributed by atoms with Crippen molar-refractivity contribution in [3.05, 3.63) is 0 Å². The van der Waals surface area contributed by atoms with Crippen LogP contribution in [0.25, 0.3) is 0 Å². The van der Waals surface area contributed by atoms with Crippen molar-refractivity contribution in [2.45, 2.75) is 198 Å². The number of hydrogen-bond donors (Lipinski definition) is 0. The van der Waals surface area contributed by atoms with Gasteiger partial charge in [0.2, 0.25) is 0 Å². The lowest BCUT2D eigenvalue weighted by Gasteiger charge is -2.57. The molecule has 0 aromatic heterocycles. The van der Waals surface area contributed by atoms with Gasteiger partial charge in [-0.05, 0) is 187 Å². The third-order valence-electron chi connectivity index (χ3n) is 17.8. The van der Waals surface area contributed by atoms with E-state index < -0.39 is 37.3 Å².